The first-order valence-corrected chi connectivity index (χ1v) is 17.4. The predicted molar refractivity (Wildman–Crippen MR) is 156 cm³/mol. The van der Waals surface area contributed by atoms with Crippen molar-refractivity contribution in [3.8, 4) is 0 Å². The number of unbranched alkanes of at least 4 members (excludes halogenated alkanes) is 3. The van der Waals surface area contributed by atoms with E-state index in [9.17, 15) is 24.3 Å². The molecule has 4 atom stereocenters. The molecule has 11 heteroatoms. The number of likely N-dealkylation sites (tertiary alicyclic amines) is 1. The molecular formula is C29H51N3O7Si. The summed E-state index contributed by atoms with van der Waals surface area (Å²) in [5.41, 5.74) is -1.83. The zero-order valence-electron chi connectivity index (χ0n) is 25.7. The van der Waals surface area contributed by atoms with Crippen molar-refractivity contribution < 1.29 is 33.4 Å². The number of ether oxygens (including phenoxy) is 1. The summed E-state index contributed by atoms with van der Waals surface area (Å²) in [6.07, 6.45) is 8.57. The first kappa shape index (κ1) is 33.8. The largest absolute Gasteiger partial charge is 0.479 e. The second-order valence-corrected chi connectivity index (χ2v) is 18.4. The Morgan fingerprint density at radius 2 is 1.80 bits per heavy atom. The van der Waals surface area contributed by atoms with E-state index in [4.69, 9.17) is 9.16 Å². The number of nitrogens with one attached hydrogen (secondary N) is 2. The summed E-state index contributed by atoms with van der Waals surface area (Å²) in [5, 5.41) is 14.7. The summed E-state index contributed by atoms with van der Waals surface area (Å²) in [6.45, 7) is 17.5. The fourth-order valence-corrected chi connectivity index (χ4v) is 6.07. The van der Waals surface area contributed by atoms with E-state index >= 15 is 0 Å². The maximum atomic E-state index is 13.5. The smallest absolute Gasteiger partial charge is 0.408 e. The van der Waals surface area contributed by atoms with Crippen molar-refractivity contribution in [2.24, 2.45) is 5.92 Å². The van der Waals surface area contributed by atoms with E-state index in [0.29, 0.717) is 32.3 Å². The van der Waals surface area contributed by atoms with Crippen molar-refractivity contribution >= 4 is 32.7 Å². The molecule has 0 radical (unpaired) electrons. The van der Waals surface area contributed by atoms with Crippen LogP contribution in [-0.4, -0.2) is 79.1 Å². The number of nitrogens with zero attached hydrogens (tertiary/aromatic N) is 1. The molecule has 1 aliphatic heterocycles. The average molecular weight is 582 g/mol. The van der Waals surface area contributed by atoms with Gasteiger partial charge in [0, 0.05) is 19.0 Å². The SMILES string of the molecule is CC(C)(C)OC(=O)N[C@@H](CCCCC/C=C\[C@@H]1C[C@]1(NC=O)C(=O)O)C(=O)N1CC[C@@H](O[Si](C)(C)C(C)(C)C)C1. The summed E-state index contributed by atoms with van der Waals surface area (Å²) in [7, 11) is -1.95. The molecule has 0 aromatic rings. The molecule has 3 amide bonds. The van der Waals surface area contributed by atoms with Gasteiger partial charge in [0.15, 0.2) is 8.32 Å². The molecule has 3 N–H and O–H groups in total. The van der Waals surface area contributed by atoms with Crippen LogP contribution >= 0.6 is 0 Å². The zero-order valence-corrected chi connectivity index (χ0v) is 26.7. The van der Waals surface area contributed by atoms with Crippen LogP contribution < -0.4 is 10.6 Å². The normalized spacial score (nSPS) is 24.1. The number of carboxylic acid groups (broad SMARTS) is 1. The van der Waals surface area contributed by atoms with Gasteiger partial charge in [0.05, 0.1) is 6.10 Å². The van der Waals surface area contributed by atoms with Crippen LogP contribution in [0, 0.1) is 5.92 Å². The maximum absolute atomic E-state index is 13.5. The van der Waals surface area contributed by atoms with Crippen LogP contribution in [0.4, 0.5) is 4.79 Å². The van der Waals surface area contributed by atoms with Gasteiger partial charge in [0.25, 0.3) is 0 Å². The molecule has 1 aliphatic carbocycles. The van der Waals surface area contributed by atoms with Gasteiger partial charge in [0.1, 0.15) is 17.2 Å². The lowest BCUT2D eigenvalue weighted by molar-refractivity contribution is -0.142. The van der Waals surface area contributed by atoms with Crippen molar-refractivity contribution in [1.82, 2.24) is 15.5 Å². The first-order valence-electron chi connectivity index (χ1n) is 14.5. The third-order valence-electron chi connectivity index (χ3n) is 8.16. The molecule has 1 saturated heterocycles. The van der Waals surface area contributed by atoms with Crippen LogP contribution in [0.5, 0.6) is 0 Å². The van der Waals surface area contributed by atoms with Gasteiger partial charge in [-0.2, -0.15) is 0 Å². The lowest BCUT2D eigenvalue weighted by Crippen LogP contribution is -2.50. The van der Waals surface area contributed by atoms with Crippen LogP contribution in [0.3, 0.4) is 0 Å². The molecule has 40 heavy (non-hydrogen) atoms. The summed E-state index contributed by atoms with van der Waals surface area (Å²) >= 11 is 0. The number of carbonyl (C=O) groups is 4. The second kappa shape index (κ2) is 13.5. The van der Waals surface area contributed by atoms with Gasteiger partial charge in [0.2, 0.25) is 12.3 Å². The zero-order chi connectivity index (χ0) is 30.4. The lowest BCUT2D eigenvalue weighted by atomic mass is 10.1. The second-order valence-electron chi connectivity index (χ2n) is 13.7. The minimum absolute atomic E-state index is 0.00636. The molecule has 10 nitrogen and oxygen atoms in total. The Bertz CT molecular complexity index is 941. The molecule has 0 unspecified atom stereocenters. The van der Waals surface area contributed by atoms with Crippen LogP contribution in [0.25, 0.3) is 0 Å². The predicted octanol–water partition coefficient (Wildman–Crippen LogP) is 4.60. The Balaban J connectivity index is 1.88. The van der Waals surface area contributed by atoms with Crippen molar-refractivity contribution in [2.45, 2.75) is 128 Å². The Hall–Kier alpha value is -2.40. The van der Waals surface area contributed by atoms with Gasteiger partial charge >= 0.3 is 12.1 Å². The molecule has 2 aliphatic rings. The summed E-state index contributed by atoms with van der Waals surface area (Å²) < 4.78 is 12.0. The van der Waals surface area contributed by atoms with Crippen molar-refractivity contribution in [1.29, 1.82) is 0 Å². The van der Waals surface area contributed by atoms with Crippen molar-refractivity contribution in [3.63, 3.8) is 0 Å². The Morgan fingerprint density at radius 3 is 2.38 bits per heavy atom. The van der Waals surface area contributed by atoms with E-state index in [0.717, 1.165) is 32.1 Å². The van der Waals surface area contributed by atoms with E-state index in [2.05, 4.69) is 44.5 Å². The number of carboxylic acids is 1. The van der Waals surface area contributed by atoms with Crippen molar-refractivity contribution in [2.75, 3.05) is 13.1 Å². The van der Waals surface area contributed by atoms with E-state index in [-0.39, 0.29) is 23.0 Å². The summed E-state index contributed by atoms with van der Waals surface area (Å²) in [6, 6.07) is -0.672. The fourth-order valence-electron chi connectivity index (χ4n) is 4.69. The molecule has 0 aromatic heterocycles. The monoisotopic (exact) mass is 581 g/mol. The van der Waals surface area contributed by atoms with Gasteiger partial charge in [-0.15, -0.1) is 0 Å². The number of hydrogen-bond donors (Lipinski definition) is 3. The number of amides is 3. The number of alkyl carbamates (subject to hydrolysis) is 1. The van der Waals surface area contributed by atoms with Crippen molar-refractivity contribution in [3.05, 3.63) is 12.2 Å². The third-order valence-corrected chi connectivity index (χ3v) is 12.7. The fraction of sp³-hybridized carbons (Fsp3) is 0.793. The first-order chi connectivity index (χ1) is 18.4. The highest BCUT2D eigenvalue weighted by molar-refractivity contribution is 6.74. The highest BCUT2D eigenvalue weighted by atomic mass is 28.4. The maximum Gasteiger partial charge on any atom is 0.408 e. The number of aliphatic carboxylic acids is 1. The molecule has 1 saturated carbocycles. The Morgan fingerprint density at radius 1 is 1.12 bits per heavy atom. The van der Waals surface area contributed by atoms with E-state index in [1.165, 1.54) is 0 Å². The molecule has 1 heterocycles. The topological polar surface area (TPSA) is 134 Å². The average Bonchev–Trinajstić information content (AvgIpc) is 3.32. The van der Waals surface area contributed by atoms with Crippen LogP contribution in [0.15, 0.2) is 12.2 Å². The van der Waals surface area contributed by atoms with Gasteiger partial charge in [-0.25, -0.2) is 9.59 Å². The molecule has 2 fully saturated rings. The standard InChI is InChI=1S/C29H51N3O7Si/c1-27(2,3)38-26(37)31-23(24(34)32-17-16-22(19-32)39-40(7,8)28(4,5)6)15-13-11-9-10-12-14-21-18-29(21,25(35)36)30-20-33/h12,14,20-23H,9-11,13,15-19H2,1-8H3,(H,30,33)(H,31,37)(H,35,36)/b14-12-/t21-,22-,23+,29-/m1/s1. The number of hydrogen-bond acceptors (Lipinski definition) is 6. The molecule has 0 bridgehead atoms. The van der Waals surface area contributed by atoms with Gasteiger partial charge in [-0.1, -0.05) is 45.8 Å². The van der Waals surface area contributed by atoms with Gasteiger partial charge in [-0.05, 0) is 71.0 Å². The Kier molecular flexibility index (Phi) is 11.4. The number of allylic oxidation sites excluding steroid dienone is 1. The molecular weight excluding hydrogens is 530 g/mol. The lowest BCUT2D eigenvalue weighted by Gasteiger charge is -2.38. The van der Waals surface area contributed by atoms with Crippen LogP contribution in [0.2, 0.25) is 18.1 Å². The Labute approximate surface area is 240 Å². The number of carbonyl (C=O) groups excluding carboxylic acids is 3. The summed E-state index contributed by atoms with van der Waals surface area (Å²) in [4.78, 5) is 50.0. The molecule has 0 aromatic carbocycles. The molecule has 2 rings (SSSR count). The summed E-state index contributed by atoms with van der Waals surface area (Å²) in [5.74, 6) is -1.31. The van der Waals surface area contributed by atoms with Crippen LogP contribution in [0.1, 0.15) is 86.5 Å². The minimum Gasteiger partial charge on any atom is -0.479 e. The highest BCUT2D eigenvalue weighted by Crippen LogP contribution is 2.44. The third kappa shape index (κ3) is 9.61. The quantitative estimate of drug-likeness (QED) is 0.118. The van der Waals surface area contributed by atoms with E-state index < -0.39 is 37.6 Å². The molecule has 228 valence electrons. The minimum atomic E-state index is -1.95. The highest BCUT2D eigenvalue weighted by Gasteiger charge is 2.59. The van der Waals surface area contributed by atoms with E-state index in [1.54, 1.807) is 25.7 Å². The van der Waals surface area contributed by atoms with Crippen LogP contribution in [-0.2, 0) is 23.5 Å². The van der Waals surface area contributed by atoms with Gasteiger partial charge < -0.3 is 29.8 Å². The number of rotatable bonds is 14. The van der Waals surface area contributed by atoms with Gasteiger partial charge in [-0.3, -0.25) is 9.59 Å². The molecule has 0 spiro atoms. The van der Waals surface area contributed by atoms with E-state index in [1.807, 2.05) is 12.2 Å².